The minimum Gasteiger partial charge on any atom is -0.343 e. The maximum atomic E-state index is 13.8. The van der Waals surface area contributed by atoms with Gasteiger partial charge in [-0.3, -0.25) is 19.3 Å². The predicted octanol–water partition coefficient (Wildman–Crippen LogP) is 4.03. The molecular weight excluding hydrogens is 409 g/mol. The molecule has 0 radical (unpaired) electrons. The number of imide groups is 1. The molecule has 3 aromatic rings. The van der Waals surface area contributed by atoms with Crippen LogP contribution < -0.4 is 0 Å². The second kappa shape index (κ2) is 8.07. The third-order valence-corrected chi connectivity index (χ3v) is 6.18. The number of carbonyl (C=O) groups excluding carboxylic acids is 3. The Hall–Kier alpha value is -3.74. The third-order valence-electron chi connectivity index (χ3n) is 6.18. The molecule has 3 heterocycles. The molecule has 5 rings (SSSR count). The predicted molar refractivity (Wildman–Crippen MR) is 118 cm³/mol. The summed E-state index contributed by atoms with van der Waals surface area (Å²) in [5, 5.41) is 0.883. The van der Waals surface area contributed by atoms with E-state index in [9.17, 15) is 18.8 Å². The first-order valence-electron chi connectivity index (χ1n) is 10.7. The molecule has 0 atom stereocenters. The van der Waals surface area contributed by atoms with Gasteiger partial charge in [0.25, 0.3) is 17.7 Å². The Morgan fingerprint density at radius 2 is 1.62 bits per heavy atom. The fourth-order valence-corrected chi connectivity index (χ4v) is 4.50. The molecule has 0 aliphatic carbocycles. The van der Waals surface area contributed by atoms with E-state index in [1.54, 1.807) is 30.3 Å². The summed E-state index contributed by atoms with van der Waals surface area (Å²) in [6.07, 6.45) is 4.35. The van der Waals surface area contributed by atoms with Gasteiger partial charge in [0, 0.05) is 42.3 Å². The van der Waals surface area contributed by atoms with Crippen LogP contribution in [0.2, 0.25) is 0 Å². The zero-order valence-corrected chi connectivity index (χ0v) is 17.5. The molecular formula is C25H22FN3O3. The molecule has 162 valence electrons. The molecule has 3 amide bonds. The fraction of sp³-hybridized carbons (Fsp3) is 0.240. The normalized spacial score (nSPS) is 16.3. The van der Waals surface area contributed by atoms with Gasteiger partial charge in [-0.05, 0) is 54.8 Å². The molecule has 0 saturated carbocycles. The topological polar surface area (TPSA) is 62.6 Å². The quantitative estimate of drug-likeness (QED) is 0.573. The van der Waals surface area contributed by atoms with Gasteiger partial charge in [-0.25, -0.2) is 4.39 Å². The number of carbonyl (C=O) groups is 3. The standard InChI is InChI=1S/C25H22FN3O3/c26-14-17(16-29-24(31)20-5-1-2-6-21(20)25(29)32)15-28-12-9-18-13-19(7-8-22(18)28)23(30)27-10-3-4-11-27/h1-2,5-9,12-14H,3-4,10-11,15-16H2. The summed E-state index contributed by atoms with van der Waals surface area (Å²) in [7, 11) is 0. The number of halogens is 1. The van der Waals surface area contributed by atoms with E-state index in [0.29, 0.717) is 28.6 Å². The SMILES string of the molecule is O=C(c1ccc2c(ccn2CC(=CF)CN2C(=O)c3ccccc3C2=O)c1)N1CCCC1. The van der Waals surface area contributed by atoms with Gasteiger partial charge in [0.05, 0.1) is 24.0 Å². The smallest absolute Gasteiger partial charge is 0.261 e. The molecule has 2 aromatic carbocycles. The van der Waals surface area contributed by atoms with Crippen LogP contribution in [0.1, 0.15) is 43.9 Å². The van der Waals surface area contributed by atoms with E-state index < -0.39 is 11.8 Å². The highest BCUT2D eigenvalue weighted by Crippen LogP contribution is 2.25. The average Bonchev–Trinajstić information content (AvgIpc) is 3.54. The summed E-state index contributed by atoms with van der Waals surface area (Å²) in [4.78, 5) is 40.8. The second-order valence-electron chi connectivity index (χ2n) is 8.23. The summed E-state index contributed by atoms with van der Waals surface area (Å²) in [6.45, 7) is 1.65. The summed E-state index contributed by atoms with van der Waals surface area (Å²) in [5.74, 6) is -0.785. The van der Waals surface area contributed by atoms with E-state index in [0.717, 1.165) is 41.7 Å². The highest BCUT2D eigenvalue weighted by atomic mass is 19.1. The number of hydrogen-bond acceptors (Lipinski definition) is 3. The molecule has 1 fully saturated rings. The number of amides is 3. The van der Waals surface area contributed by atoms with Gasteiger partial charge >= 0.3 is 0 Å². The Balaban J connectivity index is 1.34. The first kappa shape index (κ1) is 20.2. The molecule has 1 aromatic heterocycles. The Bertz CT molecular complexity index is 1240. The van der Waals surface area contributed by atoms with Gasteiger partial charge in [0.1, 0.15) is 0 Å². The van der Waals surface area contributed by atoms with Gasteiger partial charge in [0.2, 0.25) is 0 Å². The Kier molecular flexibility index (Phi) is 5.09. The number of hydrogen-bond donors (Lipinski definition) is 0. The van der Waals surface area contributed by atoms with Crippen molar-refractivity contribution in [3.63, 3.8) is 0 Å². The number of aromatic nitrogens is 1. The summed E-state index contributed by atoms with van der Waals surface area (Å²) >= 11 is 0. The Morgan fingerprint density at radius 1 is 0.938 bits per heavy atom. The summed E-state index contributed by atoms with van der Waals surface area (Å²) in [6, 6.07) is 14.0. The van der Waals surface area contributed by atoms with Gasteiger partial charge < -0.3 is 9.47 Å². The van der Waals surface area contributed by atoms with Crippen LogP contribution in [0, 0.1) is 0 Å². The fourth-order valence-electron chi connectivity index (χ4n) is 4.50. The van der Waals surface area contributed by atoms with Crippen LogP contribution in [0.4, 0.5) is 4.39 Å². The third kappa shape index (κ3) is 3.39. The largest absolute Gasteiger partial charge is 0.343 e. The second-order valence-corrected chi connectivity index (χ2v) is 8.23. The van der Waals surface area contributed by atoms with Crippen molar-refractivity contribution >= 4 is 28.6 Å². The van der Waals surface area contributed by atoms with Crippen molar-refractivity contribution in [2.24, 2.45) is 0 Å². The maximum absolute atomic E-state index is 13.8. The zero-order chi connectivity index (χ0) is 22.2. The summed E-state index contributed by atoms with van der Waals surface area (Å²) < 4.78 is 15.6. The molecule has 6 nitrogen and oxygen atoms in total. The van der Waals surface area contributed by atoms with Gasteiger partial charge in [-0.15, -0.1) is 0 Å². The van der Waals surface area contributed by atoms with Crippen LogP contribution in [0.15, 0.2) is 66.6 Å². The van der Waals surface area contributed by atoms with Crippen molar-refractivity contribution in [1.82, 2.24) is 14.4 Å². The van der Waals surface area contributed by atoms with Gasteiger partial charge in [-0.2, -0.15) is 0 Å². The van der Waals surface area contributed by atoms with Crippen molar-refractivity contribution in [3.8, 4) is 0 Å². The van der Waals surface area contributed by atoms with Crippen LogP contribution >= 0.6 is 0 Å². The van der Waals surface area contributed by atoms with E-state index in [1.165, 1.54) is 0 Å². The van der Waals surface area contributed by atoms with E-state index in [-0.39, 0.29) is 19.0 Å². The molecule has 0 unspecified atom stereocenters. The summed E-state index contributed by atoms with van der Waals surface area (Å²) in [5.41, 5.74) is 2.48. The monoisotopic (exact) mass is 431 g/mol. The number of nitrogens with zero attached hydrogens (tertiary/aromatic N) is 3. The molecule has 0 spiro atoms. The number of likely N-dealkylation sites (tertiary alicyclic amines) is 1. The van der Waals surface area contributed by atoms with Crippen molar-refractivity contribution in [2.45, 2.75) is 19.4 Å². The zero-order valence-electron chi connectivity index (χ0n) is 17.5. The van der Waals surface area contributed by atoms with Crippen molar-refractivity contribution in [2.75, 3.05) is 19.6 Å². The lowest BCUT2D eigenvalue weighted by Gasteiger charge is -2.17. The van der Waals surface area contributed by atoms with Crippen LogP contribution in [-0.2, 0) is 6.54 Å². The van der Waals surface area contributed by atoms with Crippen LogP contribution in [0.25, 0.3) is 10.9 Å². The van der Waals surface area contributed by atoms with Crippen LogP contribution in [0.5, 0.6) is 0 Å². The van der Waals surface area contributed by atoms with Gasteiger partial charge in [-0.1, -0.05) is 12.1 Å². The first-order chi connectivity index (χ1) is 15.6. The van der Waals surface area contributed by atoms with E-state index in [4.69, 9.17) is 0 Å². The molecule has 2 aliphatic heterocycles. The highest BCUT2D eigenvalue weighted by Gasteiger charge is 2.35. The Labute approximate surface area is 184 Å². The number of rotatable bonds is 5. The van der Waals surface area contributed by atoms with E-state index in [1.807, 2.05) is 33.9 Å². The van der Waals surface area contributed by atoms with E-state index >= 15 is 0 Å². The highest BCUT2D eigenvalue weighted by molar-refractivity contribution is 6.21. The molecule has 32 heavy (non-hydrogen) atoms. The molecule has 0 bridgehead atoms. The van der Waals surface area contributed by atoms with Crippen LogP contribution in [-0.4, -0.2) is 51.7 Å². The maximum Gasteiger partial charge on any atom is 0.261 e. The Morgan fingerprint density at radius 3 is 2.28 bits per heavy atom. The number of fused-ring (bicyclic) bond motifs is 2. The van der Waals surface area contributed by atoms with Crippen molar-refractivity contribution < 1.29 is 18.8 Å². The minimum absolute atomic E-state index is 0.0344. The molecule has 7 heteroatoms. The molecule has 2 aliphatic rings. The first-order valence-corrected chi connectivity index (χ1v) is 10.7. The molecule has 1 saturated heterocycles. The lowest BCUT2D eigenvalue weighted by Crippen LogP contribution is -2.32. The van der Waals surface area contributed by atoms with Crippen LogP contribution in [0.3, 0.4) is 0 Å². The minimum atomic E-state index is -0.410. The van der Waals surface area contributed by atoms with Crippen molar-refractivity contribution in [3.05, 3.63) is 83.3 Å². The van der Waals surface area contributed by atoms with Gasteiger partial charge in [0.15, 0.2) is 0 Å². The van der Waals surface area contributed by atoms with Crippen molar-refractivity contribution in [1.29, 1.82) is 0 Å². The average molecular weight is 431 g/mol. The molecule has 0 N–H and O–H groups in total. The lowest BCUT2D eigenvalue weighted by atomic mass is 10.1. The number of benzene rings is 2. The van der Waals surface area contributed by atoms with E-state index in [2.05, 4.69) is 0 Å². The lowest BCUT2D eigenvalue weighted by molar-refractivity contribution is 0.0665.